The van der Waals surface area contributed by atoms with Crippen molar-refractivity contribution in [3.05, 3.63) is 58.8 Å². The zero-order valence-corrected chi connectivity index (χ0v) is 18.5. The van der Waals surface area contributed by atoms with Crippen molar-refractivity contribution in [1.82, 2.24) is 0 Å². The summed E-state index contributed by atoms with van der Waals surface area (Å²) < 4.78 is 17.0. The monoisotopic (exact) mass is 441 g/mol. The summed E-state index contributed by atoms with van der Waals surface area (Å²) in [5.74, 6) is 1.10. The average Bonchev–Trinajstić information content (AvgIpc) is 3.41. The molecule has 5 nitrogen and oxygen atoms in total. The van der Waals surface area contributed by atoms with Crippen LogP contribution in [0.5, 0.6) is 5.75 Å². The number of rotatable bonds is 9. The largest absolute Gasteiger partial charge is 0.488 e. The Balaban J connectivity index is 1.49. The minimum atomic E-state index is -0.267. The molecule has 164 valence electrons. The van der Waals surface area contributed by atoms with Crippen LogP contribution in [-0.4, -0.2) is 19.1 Å². The lowest BCUT2D eigenvalue weighted by atomic mass is 10.1. The van der Waals surface area contributed by atoms with Crippen molar-refractivity contribution in [3.63, 3.8) is 0 Å². The second kappa shape index (κ2) is 10.1. The van der Waals surface area contributed by atoms with Gasteiger partial charge in [-0.2, -0.15) is 0 Å². The molecule has 1 heterocycles. The van der Waals surface area contributed by atoms with Gasteiger partial charge in [0, 0.05) is 28.1 Å². The van der Waals surface area contributed by atoms with E-state index in [0.29, 0.717) is 29.9 Å². The number of halogens is 1. The lowest BCUT2D eigenvalue weighted by Gasteiger charge is -2.13. The van der Waals surface area contributed by atoms with E-state index < -0.39 is 0 Å². The zero-order chi connectivity index (χ0) is 21.6. The number of fused-ring (bicyclic) bond motifs is 1. The van der Waals surface area contributed by atoms with Gasteiger partial charge < -0.3 is 19.2 Å². The molecule has 1 fully saturated rings. The van der Waals surface area contributed by atoms with E-state index in [1.165, 1.54) is 25.7 Å². The Kier molecular flexibility index (Phi) is 7.03. The molecule has 0 amide bonds. The van der Waals surface area contributed by atoms with Crippen LogP contribution in [0.25, 0.3) is 11.0 Å². The summed E-state index contributed by atoms with van der Waals surface area (Å²) in [6.45, 7) is 3.41. The topological polar surface area (TPSA) is 60.7 Å². The van der Waals surface area contributed by atoms with E-state index in [4.69, 9.17) is 25.5 Å². The first-order valence-corrected chi connectivity index (χ1v) is 11.3. The van der Waals surface area contributed by atoms with Gasteiger partial charge in [-0.1, -0.05) is 42.6 Å². The summed E-state index contributed by atoms with van der Waals surface area (Å²) in [5.41, 5.74) is 3.42. The van der Waals surface area contributed by atoms with Crippen molar-refractivity contribution in [3.8, 4) is 5.75 Å². The molecular weight excluding hydrogens is 414 g/mol. The lowest BCUT2D eigenvalue weighted by Crippen LogP contribution is -2.11. The standard InChI is InChI=1S/C25H28ClNO4/c1-2-29-24(28)11-18-9-5-6-10-23(18)30-15-19-16-31-25-21(19)12-20(26)13-22(25)27-14-17-7-3-4-8-17/h5-6,9-10,12-13,16-17,27H,2-4,7-8,11,14-15H2,1H3. The Bertz CT molecular complexity index is 1040. The molecule has 0 atom stereocenters. The number of anilines is 1. The molecule has 31 heavy (non-hydrogen) atoms. The summed E-state index contributed by atoms with van der Waals surface area (Å²) in [5, 5.41) is 5.12. The molecule has 1 aliphatic carbocycles. The van der Waals surface area contributed by atoms with Gasteiger partial charge in [-0.15, -0.1) is 0 Å². The minimum absolute atomic E-state index is 0.178. The van der Waals surface area contributed by atoms with Crippen LogP contribution < -0.4 is 10.1 Å². The van der Waals surface area contributed by atoms with Crippen LogP contribution in [0.1, 0.15) is 43.7 Å². The van der Waals surface area contributed by atoms with Crippen LogP contribution in [0.2, 0.25) is 5.02 Å². The molecule has 0 bridgehead atoms. The lowest BCUT2D eigenvalue weighted by molar-refractivity contribution is -0.142. The summed E-state index contributed by atoms with van der Waals surface area (Å²) >= 11 is 6.40. The van der Waals surface area contributed by atoms with Crippen molar-refractivity contribution in [1.29, 1.82) is 0 Å². The zero-order valence-electron chi connectivity index (χ0n) is 17.8. The van der Waals surface area contributed by atoms with Gasteiger partial charge in [0.1, 0.15) is 12.4 Å². The highest BCUT2D eigenvalue weighted by Gasteiger charge is 2.17. The molecule has 1 aliphatic rings. The van der Waals surface area contributed by atoms with Crippen LogP contribution in [-0.2, 0) is 22.6 Å². The third kappa shape index (κ3) is 5.34. The smallest absolute Gasteiger partial charge is 0.310 e. The predicted molar refractivity (Wildman–Crippen MR) is 123 cm³/mol. The number of hydrogen-bond donors (Lipinski definition) is 1. The van der Waals surface area contributed by atoms with Gasteiger partial charge in [-0.3, -0.25) is 4.79 Å². The number of para-hydroxylation sites is 1. The van der Waals surface area contributed by atoms with Crippen molar-refractivity contribution >= 4 is 34.2 Å². The van der Waals surface area contributed by atoms with Gasteiger partial charge in [0.15, 0.2) is 5.58 Å². The first-order valence-electron chi connectivity index (χ1n) is 10.9. The third-order valence-electron chi connectivity index (χ3n) is 5.77. The quantitative estimate of drug-likeness (QED) is 0.391. The normalized spacial score (nSPS) is 14.1. The molecule has 0 spiro atoms. The van der Waals surface area contributed by atoms with E-state index >= 15 is 0 Å². The van der Waals surface area contributed by atoms with Crippen molar-refractivity contribution in [2.75, 3.05) is 18.5 Å². The third-order valence-corrected chi connectivity index (χ3v) is 5.99. The second-order valence-electron chi connectivity index (χ2n) is 8.00. The Morgan fingerprint density at radius 3 is 2.81 bits per heavy atom. The first kappa shape index (κ1) is 21.6. The molecule has 2 aromatic carbocycles. The molecule has 1 N–H and O–H groups in total. The number of furan rings is 1. The number of esters is 1. The van der Waals surface area contributed by atoms with E-state index in [-0.39, 0.29) is 12.4 Å². The number of carbonyl (C=O) groups is 1. The maximum Gasteiger partial charge on any atom is 0.310 e. The summed E-state index contributed by atoms with van der Waals surface area (Å²) in [4.78, 5) is 11.9. The second-order valence-corrected chi connectivity index (χ2v) is 8.44. The van der Waals surface area contributed by atoms with Crippen molar-refractivity contribution in [2.45, 2.75) is 45.6 Å². The Morgan fingerprint density at radius 1 is 1.19 bits per heavy atom. The van der Waals surface area contributed by atoms with Gasteiger partial charge >= 0.3 is 5.97 Å². The average molecular weight is 442 g/mol. The van der Waals surface area contributed by atoms with Crippen molar-refractivity contribution < 1.29 is 18.7 Å². The molecule has 0 unspecified atom stereocenters. The van der Waals surface area contributed by atoms with Crippen LogP contribution in [0.4, 0.5) is 5.69 Å². The molecule has 0 aliphatic heterocycles. The summed E-state index contributed by atoms with van der Waals surface area (Å²) in [6, 6.07) is 11.3. The van der Waals surface area contributed by atoms with Gasteiger partial charge in [0.25, 0.3) is 0 Å². The number of benzene rings is 2. The highest BCUT2D eigenvalue weighted by molar-refractivity contribution is 6.31. The molecule has 6 heteroatoms. The van der Waals surface area contributed by atoms with E-state index in [1.807, 2.05) is 36.4 Å². The maximum atomic E-state index is 11.9. The minimum Gasteiger partial charge on any atom is -0.488 e. The fraction of sp³-hybridized carbons (Fsp3) is 0.400. The molecule has 0 saturated heterocycles. The van der Waals surface area contributed by atoms with Gasteiger partial charge in [0.2, 0.25) is 0 Å². The van der Waals surface area contributed by atoms with Crippen LogP contribution >= 0.6 is 11.6 Å². The Labute approximate surface area is 187 Å². The predicted octanol–water partition coefficient (Wildman–Crippen LogP) is 6.37. The molecule has 3 aromatic rings. The van der Waals surface area contributed by atoms with Crippen LogP contribution in [0.15, 0.2) is 47.1 Å². The number of hydrogen-bond acceptors (Lipinski definition) is 5. The van der Waals surface area contributed by atoms with E-state index in [2.05, 4.69) is 5.32 Å². The Morgan fingerprint density at radius 2 is 2.00 bits per heavy atom. The fourth-order valence-electron chi connectivity index (χ4n) is 4.18. The highest BCUT2D eigenvalue weighted by atomic mass is 35.5. The van der Waals surface area contributed by atoms with Gasteiger partial charge in [0.05, 0.1) is 25.0 Å². The van der Waals surface area contributed by atoms with Crippen LogP contribution in [0.3, 0.4) is 0 Å². The molecular formula is C25H28ClNO4. The molecule has 1 saturated carbocycles. The van der Waals surface area contributed by atoms with Crippen molar-refractivity contribution in [2.24, 2.45) is 5.92 Å². The Hall–Kier alpha value is -2.66. The fourth-order valence-corrected chi connectivity index (χ4v) is 4.40. The van der Waals surface area contributed by atoms with E-state index in [0.717, 1.165) is 34.3 Å². The SMILES string of the molecule is CCOC(=O)Cc1ccccc1OCc1coc2c(NCC3CCCC3)cc(Cl)cc12. The number of ether oxygens (including phenoxy) is 2. The first-order chi connectivity index (χ1) is 15.1. The van der Waals surface area contributed by atoms with Crippen LogP contribution in [0, 0.1) is 5.92 Å². The van der Waals surface area contributed by atoms with E-state index in [9.17, 15) is 4.79 Å². The summed E-state index contributed by atoms with van der Waals surface area (Å²) in [6.07, 6.45) is 7.08. The molecule has 0 radical (unpaired) electrons. The number of carbonyl (C=O) groups excluding carboxylic acids is 1. The van der Waals surface area contributed by atoms with Gasteiger partial charge in [-0.25, -0.2) is 0 Å². The maximum absolute atomic E-state index is 11.9. The number of nitrogens with one attached hydrogen (secondary N) is 1. The molecule has 1 aromatic heterocycles. The van der Waals surface area contributed by atoms with E-state index in [1.54, 1.807) is 13.2 Å². The highest BCUT2D eigenvalue weighted by Crippen LogP contribution is 2.34. The summed E-state index contributed by atoms with van der Waals surface area (Å²) in [7, 11) is 0. The van der Waals surface area contributed by atoms with Gasteiger partial charge in [-0.05, 0) is 43.9 Å². The molecule has 4 rings (SSSR count).